The maximum absolute atomic E-state index is 5.95. The van der Waals surface area contributed by atoms with Crippen LogP contribution in [-0.4, -0.2) is 38.9 Å². The van der Waals surface area contributed by atoms with E-state index in [4.69, 9.17) is 15.2 Å². The maximum atomic E-state index is 5.95. The van der Waals surface area contributed by atoms with Gasteiger partial charge in [-0.1, -0.05) is 39.8 Å². The molecule has 1 atom stereocenters. The summed E-state index contributed by atoms with van der Waals surface area (Å²) >= 11 is 0. The summed E-state index contributed by atoms with van der Waals surface area (Å²) in [5.41, 5.74) is 7.05. The summed E-state index contributed by atoms with van der Waals surface area (Å²) in [7, 11) is 1.67. The highest BCUT2D eigenvalue weighted by Gasteiger charge is 2.20. The second kappa shape index (κ2) is 9.52. The van der Waals surface area contributed by atoms with E-state index in [1.165, 1.54) is 5.56 Å². The highest BCUT2D eigenvalue weighted by molar-refractivity contribution is 5.78. The number of guanidine groups is 1. The van der Waals surface area contributed by atoms with Crippen LogP contribution in [-0.2, 0) is 10.2 Å². The first kappa shape index (κ1) is 20.3. The summed E-state index contributed by atoms with van der Waals surface area (Å²) in [5.74, 6) is 1.87. The molecule has 1 unspecified atom stereocenters. The third-order valence-corrected chi connectivity index (χ3v) is 3.67. The van der Waals surface area contributed by atoms with Gasteiger partial charge in [0.25, 0.3) is 0 Å². The summed E-state index contributed by atoms with van der Waals surface area (Å²) in [5, 5.41) is 3.12. The van der Waals surface area contributed by atoms with Crippen molar-refractivity contribution in [2.24, 2.45) is 16.6 Å². The van der Waals surface area contributed by atoms with Crippen molar-refractivity contribution in [3.05, 3.63) is 29.8 Å². The van der Waals surface area contributed by atoms with Crippen molar-refractivity contribution in [2.45, 2.75) is 46.1 Å². The summed E-state index contributed by atoms with van der Waals surface area (Å²) in [6.45, 7) is 12.5. The summed E-state index contributed by atoms with van der Waals surface area (Å²) in [6, 6.07) is 8.38. The predicted molar refractivity (Wildman–Crippen MR) is 101 cm³/mol. The van der Waals surface area contributed by atoms with Crippen LogP contribution in [0.2, 0.25) is 0 Å². The first-order chi connectivity index (χ1) is 11.2. The second-order valence-corrected chi connectivity index (χ2v) is 7.32. The second-order valence-electron chi connectivity index (χ2n) is 7.32. The zero-order valence-electron chi connectivity index (χ0n) is 15.9. The standard InChI is InChI=1S/C19H33N3O2/c1-14(2)11-24-17-9-7-16(8-10-17)19(4,5)13-21-18(20)22-15(3)12-23-6/h7-10,14-15H,11-13H2,1-6H3,(H3,20,21,22). The van der Waals surface area contributed by atoms with Crippen LogP contribution in [0.1, 0.15) is 40.2 Å². The Morgan fingerprint density at radius 3 is 2.33 bits per heavy atom. The molecule has 0 aliphatic carbocycles. The van der Waals surface area contributed by atoms with Gasteiger partial charge in [-0.05, 0) is 30.5 Å². The van der Waals surface area contributed by atoms with E-state index in [2.05, 4.69) is 50.1 Å². The molecule has 0 radical (unpaired) electrons. The van der Waals surface area contributed by atoms with E-state index >= 15 is 0 Å². The summed E-state index contributed by atoms with van der Waals surface area (Å²) in [4.78, 5) is 4.47. The molecule has 1 aromatic rings. The van der Waals surface area contributed by atoms with Crippen molar-refractivity contribution in [3.63, 3.8) is 0 Å². The van der Waals surface area contributed by atoms with Crippen molar-refractivity contribution in [2.75, 3.05) is 26.9 Å². The summed E-state index contributed by atoms with van der Waals surface area (Å²) in [6.07, 6.45) is 0. The number of ether oxygens (including phenoxy) is 2. The molecule has 0 aliphatic heterocycles. The fourth-order valence-electron chi connectivity index (χ4n) is 2.23. The fraction of sp³-hybridized carbons (Fsp3) is 0.632. The molecule has 5 nitrogen and oxygen atoms in total. The third-order valence-electron chi connectivity index (χ3n) is 3.67. The van der Waals surface area contributed by atoms with E-state index < -0.39 is 0 Å². The van der Waals surface area contributed by atoms with Gasteiger partial charge >= 0.3 is 0 Å². The van der Waals surface area contributed by atoms with Gasteiger partial charge in [0.2, 0.25) is 0 Å². The lowest BCUT2D eigenvalue weighted by atomic mass is 9.85. The first-order valence-corrected chi connectivity index (χ1v) is 8.53. The average Bonchev–Trinajstić information content (AvgIpc) is 2.51. The minimum Gasteiger partial charge on any atom is -0.493 e. The molecular weight excluding hydrogens is 302 g/mol. The molecule has 0 aromatic heterocycles. The van der Waals surface area contributed by atoms with Crippen LogP contribution in [0.5, 0.6) is 5.75 Å². The molecule has 0 saturated carbocycles. The largest absolute Gasteiger partial charge is 0.493 e. The molecule has 0 spiro atoms. The van der Waals surface area contributed by atoms with Crippen molar-refractivity contribution in [1.29, 1.82) is 0 Å². The zero-order chi connectivity index (χ0) is 18.2. The molecule has 5 heteroatoms. The highest BCUT2D eigenvalue weighted by Crippen LogP contribution is 2.25. The van der Waals surface area contributed by atoms with Gasteiger partial charge in [0.1, 0.15) is 5.75 Å². The Morgan fingerprint density at radius 2 is 1.79 bits per heavy atom. The average molecular weight is 335 g/mol. The molecule has 0 heterocycles. The molecule has 1 aromatic carbocycles. The van der Waals surface area contributed by atoms with Gasteiger partial charge in [-0.25, -0.2) is 0 Å². The first-order valence-electron chi connectivity index (χ1n) is 8.53. The lowest BCUT2D eigenvalue weighted by Gasteiger charge is -2.24. The quantitative estimate of drug-likeness (QED) is 0.538. The van der Waals surface area contributed by atoms with Crippen LogP contribution < -0.4 is 15.8 Å². The van der Waals surface area contributed by atoms with Crippen molar-refractivity contribution in [3.8, 4) is 5.75 Å². The van der Waals surface area contributed by atoms with Crippen LogP contribution in [0.4, 0.5) is 0 Å². The Balaban J connectivity index is 2.63. The van der Waals surface area contributed by atoms with Gasteiger partial charge in [-0.3, -0.25) is 4.99 Å². The molecule has 0 saturated heterocycles. The number of rotatable bonds is 9. The van der Waals surface area contributed by atoms with Crippen LogP contribution >= 0.6 is 0 Å². The molecular formula is C19H33N3O2. The number of hydrogen-bond donors (Lipinski definition) is 2. The van der Waals surface area contributed by atoms with E-state index in [-0.39, 0.29) is 11.5 Å². The monoisotopic (exact) mass is 335 g/mol. The smallest absolute Gasteiger partial charge is 0.188 e. The van der Waals surface area contributed by atoms with Gasteiger partial charge in [0.05, 0.1) is 19.8 Å². The number of hydrogen-bond acceptors (Lipinski definition) is 3. The highest BCUT2D eigenvalue weighted by atomic mass is 16.5. The molecule has 0 amide bonds. The summed E-state index contributed by atoms with van der Waals surface area (Å²) < 4.78 is 10.8. The number of methoxy groups -OCH3 is 1. The number of benzene rings is 1. The minimum absolute atomic E-state index is 0.104. The maximum Gasteiger partial charge on any atom is 0.188 e. The molecule has 24 heavy (non-hydrogen) atoms. The van der Waals surface area contributed by atoms with E-state index in [1.54, 1.807) is 7.11 Å². The van der Waals surface area contributed by atoms with Gasteiger partial charge in [0.15, 0.2) is 5.96 Å². The molecule has 0 bridgehead atoms. The van der Waals surface area contributed by atoms with E-state index in [0.717, 1.165) is 12.4 Å². The molecule has 136 valence electrons. The van der Waals surface area contributed by atoms with E-state index in [0.29, 0.717) is 25.0 Å². The van der Waals surface area contributed by atoms with Crippen LogP contribution in [0.25, 0.3) is 0 Å². The van der Waals surface area contributed by atoms with E-state index in [1.807, 2.05) is 19.1 Å². The van der Waals surface area contributed by atoms with E-state index in [9.17, 15) is 0 Å². The molecule has 0 aliphatic rings. The fourth-order valence-corrected chi connectivity index (χ4v) is 2.23. The number of nitrogens with two attached hydrogens (primary N) is 1. The van der Waals surface area contributed by atoms with Crippen molar-refractivity contribution >= 4 is 5.96 Å². The van der Waals surface area contributed by atoms with Gasteiger partial charge < -0.3 is 20.5 Å². The topological polar surface area (TPSA) is 68.9 Å². The molecule has 0 fully saturated rings. The van der Waals surface area contributed by atoms with Gasteiger partial charge in [-0.2, -0.15) is 0 Å². The number of aliphatic imine (C=N–C) groups is 1. The van der Waals surface area contributed by atoms with Crippen LogP contribution in [0, 0.1) is 5.92 Å². The lowest BCUT2D eigenvalue weighted by molar-refractivity contribution is 0.179. The Hall–Kier alpha value is -1.75. The Morgan fingerprint density at radius 1 is 1.17 bits per heavy atom. The Kier molecular flexibility index (Phi) is 8.05. The predicted octanol–water partition coefficient (Wildman–Crippen LogP) is 2.94. The van der Waals surface area contributed by atoms with Crippen molar-refractivity contribution < 1.29 is 9.47 Å². The van der Waals surface area contributed by atoms with Gasteiger partial charge in [0, 0.05) is 18.6 Å². The minimum atomic E-state index is -0.104. The Bertz CT molecular complexity index is 510. The Labute approximate surface area is 146 Å². The van der Waals surface area contributed by atoms with Crippen molar-refractivity contribution in [1.82, 2.24) is 5.32 Å². The number of nitrogens with zero attached hydrogens (tertiary/aromatic N) is 1. The lowest BCUT2D eigenvalue weighted by Crippen LogP contribution is -2.41. The van der Waals surface area contributed by atoms with Crippen LogP contribution in [0.3, 0.4) is 0 Å². The molecule has 3 N–H and O–H groups in total. The SMILES string of the molecule is COCC(C)NC(N)=NCC(C)(C)c1ccc(OCC(C)C)cc1. The molecule has 1 rings (SSSR count). The zero-order valence-corrected chi connectivity index (χ0v) is 15.9. The van der Waals surface area contributed by atoms with Gasteiger partial charge in [-0.15, -0.1) is 0 Å². The third kappa shape index (κ3) is 7.21. The normalized spacial score (nSPS) is 13.9. The number of nitrogens with one attached hydrogen (secondary N) is 1. The van der Waals surface area contributed by atoms with Crippen LogP contribution in [0.15, 0.2) is 29.3 Å².